The Morgan fingerprint density at radius 2 is 1.82 bits per heavy atom. The number of hydrogen-bond donors (Lipinski definition) is 3. The van der Waals surface area contributed by atoms with Crippen LogP contribution in [0.3, 0.4) is 0 Å². The molecule has 0 spiro atoms. The third kappa shape index (κ3) is 6.38. The first-order chi connectivity index (χ1) is 10.2. The molecule has 1 amide bonds. The second-order valence-corrected chi connectivity index (χ2v) is 6.99. The molecule has 22 heavy (non-hydrogen) atoms. The summed E-state index contributed by atoms with van der Waals surface area (Å²) in [6.07, 6.45) is 2.30. The molecular weight excluding hydrogens is 304 g/mol. The highest BCUT2D eigenvalue weighted by molar-refractivity contribution is 7.89. The zero-order valence-corrected chi connectivity index (χ0v) is 13.7. The van der Waals surface area contributed by atoms with Crippen LogP contribution in [0.4, 0.5) is 0 Å². The van der Waals surface area contributed by atoms with Gasteiger partial charge in [-0.1, -0.05) is 12.1 Å². The first-order valence-corrected chi connectivity index (χ1v) is 8.45. The second-order valence-electron chi connectivity index (χ2n) is 5.27. The van der Waals surface area contributed by atoms with E-state index in [4.69, 9.17) is 5.11 Å². The molecule has 1 unspecified atom stereocenters. The van der Waals surface area contributed by atoms with Crippen LogP contribution in [0.1, 0.15) is 26.3 Å². The molecule has 0 saturated heterocycles. The highest BCUT2D eigenvalue weighted by Gasteiger charge is 2.14. The van der Waals surface area contributed by atoms with E-state index in [-0.39, 0.29) is 23.4 Å². The van der Waals surface area contributed by atoms with Crippen molar-refractivity contribution in [1.29, 1.82) is 0 Å². The number of benzene rings is 1. The quantitative estimate of drug-likeness (QED) is 0.648. The third-order valence-electron chi connectivity index (χ3n) is 2.58. The number of carbonyl (C=O) groups excluding carboxylic acids is 1. The van der Waals surface area contributed by atoms with Gasteiger partial charge in [-0.2, -0.15) is 0 Å². The zero-order valence-electron chi connectivity index (χ0n) is 12.9. The SMILES string of the molecule is CC(O)CNC(=O)/C=C/c1ccc(S(=O)(=O)NC(C)C)cc1. The normalized spacial score (nSPS) is 13.5. The van der Waals surface area contributed by atoms with Crippen molar-refractivity contribution >= 4 is 22.0 Å². The Balaban J connectivity index is 2.71. The van der Waals surface area contributed by atoms with Gasteiger partial charge in [-0.3, -0.25) is 4.79 Å². The van der Waals surface area contributed by atoms with Crippen molar-refractivity contribution in [2.45, 2.75) is 37.8 Å². The molecule has 0 aliphatic rings. The van der Waals surface area contributed by atoms with E-state index >= 15 is 0 Å². The van der Waals surface area contributed by atoms with Gasteiger partial charge in [-0.15, -0.1) is 0 Å². The minimum Gasteiger partial charge on any atom is -0.392 e. The maximum absolute atomic E-state index is 12.0. The van der Waals surface area contributed by atoms with E-state index in [1.165, 1.54) is 18.2 Å². The molecule has 1 aromatic rings. The van der Waals surface area contributed by atoms with Gasteiger partial charge in [0.15, 0.2) is 0 Å². The number of nitrogens with one attached hydrogen (secondary N) is 2. The van der Waals surface area contributed by atoms with Gasteiger partial charge in [0.1, 0.15) is 0 Å². The molecule has 0 aliphatic carbocycles. The number of carbonyl (C=O) groups is 1. The first-order valence-electron chi connectivity index (χ1n) is 6.97. The Labute approximate surface area is 131 Å². The predicted octanol–water partition coefficient (Wildman–Crippen LogP) is 0.883. The number of aliphatic hydroxyl groups excluding tert-OH is 1. The molecule has 0 heterocycles. The fourth-order valence-corrected chi connectivity index (χ4v) is 2.87. The molecular formula is C15H22N2O4S. The average Bonchev–Trinajstić information content (AvgIpc) is 2.42. The van der Waals surface area contributed by atoms with Crippen molar-refractivity contribution < 1.29 is 18.3 Å². The summed E-state index contributed by atoms with van der Waals surface area (Å²) in [7, 11) is -3.51. The van der Waals surface area contributed by atoms with E-state index in [1.807, 2.05) is 0 Å². The summed E-state index contributed by atoms with van der Waals surface area (Å²) in [5, 5.41) is 11.6. The van der Waals surface area contributed by atoms with Gasteiger partial charge in [0, 0.05) is 18.7 Å². The van der Waals surface area contributed by atoms with E-state index < -0.39 is 16.1 Å². The molecule has 7 heteroatoms. The van der Waals surface area contributed by atoms with Crippen molar-refractivity contribution in [3.8, 4) is 0 Å². The van der Waals surface area contributed by atoms with E-state index in [0.717, 1.165) is 0 Å². The Hall–Kier alpha value is -1.70. The van der Waals surface area contributed by atoms with Gasteiger partial charge in [0.2, 0.25) is 15.9 Å². The summed E-state index contributed by atoms with van der Waals surface area (Å²) in [5.41, 5.74) is 0.704. The van der Waals surface area contributed by atoms with Crippen molar-refractivity contribution in [3.63, 3.8) is 0 Å². The largest absolute Gasteiger partial charge is 0.392 e. The van der Waals surface area contributed by atoms with E-state index in [0.29, 0.717) is 5.56 Å². The van der Waals surface area contributed by atoms with Crippen molar-refractivity contribution in [3.05, 3.63) is 35.9 Å². The van der Waals surface area contributed by atoms with Gasteiger partial charge in [-0.05, 0) is 44.5 Å². The molecule has 3 N–H and O–H groups in total. The minimum atomic E-state index is -3.51. The summed E-state index contributed by atoms with van der Waals surface area (Å²) >= 11 is 0. The van der Waals surface area contributed by atoms with Crippen LogP contribution in [0.15, 0.2) is 35.2 Å². The van der Waals surface area contributed by atoms with Crippen LogP contribution >= 0.6 is 0 Å². The van der Waals surface area contributed by atoms with Crippen molar-refractivity contribution in [2.24, 2.45) is 0 Å². The first kappa shape index (κ1) is 18.3. The van der Waals surface area contributed by atoms with Crippen LogP contribution in [0.5, 0.6) is 0 Å². The van der Waals surface area contributed by atoms with Gasteiger partial charge >= 0.3 is 0 Å². The average molecular weight is 326 g/mol. The number of sulfonamides is 1. The molecule has 0 aliphatic heterocycles. The van der Waals surface area contributed by atoms with E-state index in [2.05, 4.69) is 10.0 Å². The number of aliphatic hydroxyl groups is 1. The molecule has 0 aromatic heterocycles. The standard InChI is InChI=1S/C15H22N2O4S/c1-11(2)17-22(20,21)14-7-4-13(5-8-14)6-9-15(19)16-10-12(3)18/h4-9,11-12,17-18H,10H2,1-3H3,(H,16,19)/b9-6+. The molecule has 1 aromatic carbocycles. The van der Waals surface area contributed by atoms with Crippen LogP contribution < -0.4 is 10.0 Å². The molecule has 1 rings (SSSR count). The number of amides is 1. The maximum atomic E-state index is 12.0. The smallest absolute Gasteiger partial charge is 0.244 e. The van der Waals surface area contributed by atoms with Crippen LogP contribution in [-0.2, 0) is 14.8 Å². The lowest BCUT2D eigenvalue weighted by molar-refractivity contribution is -0.116. The number of rotatable bonds is 7. The van der Waals surface area contributed by atoms with Gasteiger partial charge in [0.05, 0.1) is 11.0 Å². The fraction of sp³-hybridized carbons (Fsp3) is 0.400. The molecule has 122 valence electrons. The van der Waals surface area contributed by atoms with Crippen LogP contribution in [0.25, 0.3) is 6.08 Å². The number of hydrogen-bond acceptors (Lipinski definition) is 4. The Bertz CT molecular complexity index is 619. The second kappa shape index (κ2) is 8.07. The van der Waals surface area contributed by atoms with Gasteiger partial charge in [-0.25, -0.2) is 13.1 Å². The highest BCUT2D eigenvalue weighted by Crippen LogP contribution is 2.12. The minimum absolute atomic E-state index is 0.178. The predicted molar refractivity (Wildman–Crippen MR) is 85.6 cm³/mol. The molecule has 6 nitrogen and oxygen atoms in total. The monoisotopic (exact) mass is 326 g/mol. The zero-order chi connectivity index (χ0) is 16.8. The molecule has 0 fully saturated rings. The fourth-order valence-electron chi connectivity index (χ4n) is 1.62. The van der Waals surface area contributed by atoms with E-state index in [9.17, 15) is 13.2 Å². The van der Waals surface area contributed by atoms with Crippen LogP contribution in [0, 0.1) is 0 Å². The summed E-state index contributed by atoms with van der Waals surface area (Å²) in [6.45, 7) is 5.26. The lowest BCUT2D eigenvalue weighted by atomic mass is 10.2. The summed E-state index contributed by atoms with van der Waals surface area (Å²) < 4.78 is 26.4. The lowest BCUT2D eigenvalue weighted by Crippen LogP contribution is -2.30. The van der Waals surface area contributed by atoms with Crippen LogP contribution in [0.2, 0.25) is 0 Å². The summed E-state index contributed by atoms with van der Waals surface area (Å²) in [5.74, 6) is -0.320. The maximum Gasteiger partial charge on any atom is 0.244 e. The van der Waals surface area contributed by atoms with Crippen molar-refractivity contribution in [1.82, 2.24) is 10.0 Å². The Morgan fingerprint density at radius 1 is 1.23 bits per heavy atom. The molecule has 0 bridgehead atoms. The molecule has 0 radical (unpaired) electrons. The van der Waals surface area contributed by atoms with Gasteiger partial charge in [0.25, 0.3) is 0 Å². The van der Waals surface area contributed by atoms with E-state index in [1.54, 1.807) is 39.0 Å². The van der Waals surface area contributed by atoms with Crippen molar-refractivity contribution in [2.75, 3.05) is 6.54 Å². The Kier molecular flexibility index (Phi) is 6.73. The summed E-state index contributed by atoms with van der Waals surface area (Å²) in [6, 6.07) is 6.03. The summed E-state index contributed by atoms with van der Waals surface area (Å²) in [4.78, 5) is 11.6. The van der Waals surface area contributed by atoms with Crippen LogP contribution in [-0.4, -0.2) is 38.1 Å². The third-order valence-corrected chi connectivity index (χ3v) is 4.25. The highest BCUT2D eigenvalue weighted by atomic mass is 32.2. The van der Waals surface area contributed by atoms with Gasteiger partial charge < -0.3 is 10.4 Å². The Morgan fingerprint density at radius 3 is 2.32 bits per heavy atom. The lowest BCUT2D eigenvalue weighted by Gasteiger charge is -2.09. The topological polar surface area (TPSA) is 95.5 Å². The molecule has 0 saturated carbocycles. The molecule has 1 atom stereocenters.